The number of hydrogen-bond acceptors (Lipinski definition) is 5. The maximum Gasteiger partial charge on any atom is 0.162 e. The van der Waals surface area contributed by atoms with Crippen LogP contribution in [0, 0.1) is 0 Å². The number of hydrogen-bond donors (Lipinski definition) is 0. The van der Waals surface area contributed by atoms with E-state index in [1.54, 1.807) is 34.1 Å². The number of nitrogens with zero attached hydrogens (tertiary/aromatic N) is 4. The molecule has 0 atom stereocenters. The molecule has 0 unspecified atom stereocenters. The highest BCUT2D eigenvalue weighted by molar-refractivity contribution is 7.98. The summed E-state index contributed by atoms with van der Waals surface area (Å²) >= 11 is 9.90. The van der Waals surface area contributed by atoms with Crippen LogP contribution in [0.2, 0.25) is 5.02 Å². The van der Waals surface area contributed by atoms with Gasteiger partial charge in [-0.3, -0.25) is 4.68 Å². The minimum Gasteiger partial charge on any atom is -0.250 e. The van der Waals surface area contributed by atoms with Crippen molar-refractivity contribution >= 4 is 55.8 Å². The molecule has 0 bridgehead atoms. The third-order valence-corrected chi connectivity index (χ3v) is 6.36. The normalized spacial score (nSPS) is 11.5. The van der Waals surface area contributed by atoms with Crippen molar-refractivity contribution in [2.24, 2.45) is 7.05 Å². The van der Waals surface area contributed by atoms with Gasteiger partial charge in [0.15, 0.2) is 5.65 Å². The summed E-state index contributed by atoms with van der Waals surface area (Å²) in [5.41, 5.74) is 0.847. The van der Waals surface area contributed by atoms with Gasteiger partial charge in [-0.1, -0.05) is 41.6 Å². The summed E-state index contributed by atoms with van der Waals surface area (Å²) in [7, 11) is 1.88. The van der Waals surface area contributed by atoms with E-state index < -0.39 is 0 Å². The number of benzene rings is 1. The van der Waals surface area contributed by atoms with Gasteiger partial charge in [0.2, 0.25) is 0 Å². The van der Waals surface area contributed by atoms with Gasteiger partial charge in [0, 0.05) is 27.8 Å². The van der Waals surface area contributed by atoms with Crippen LogP contribution >= 0.6 is 34.7 Å². The third kappa shape index (κ3) is 2.27. The molecule has 0 aliphatic heterocycles. The molecule has 0 amide bonds. The Morgan fingerprint density at radius 3 is 2.95 bits per heavy atom. The molecule has 3 aromatic heterocycles. The molecule has 0 aliphatic carbocycles. The number of aromatic nitrogens is 4. The predicted molar refractivity (Wildman–Crippen MR) is 92.7 cm³/mol. The van der Waals surface area contributed by atoms with Gasteiger partial charge >= 0.3 is 0 Å². The molecular weight excluding hydrogens is 336 g/mol. The zero-order valence-corrected chi connectivity index (χ0v) is 14.0. The maximum absolute atomic E-state index is 6.49. The number of rotatable bonds is 3. The first-order valence-electron chi connectivity index (χ1n) is 6.65. The average molecular weight is 347 g/mol. The van der Waals surface area contributed by atoms with E-state index >= 15 is 0 Å². The Kier molecular flexibility index (Phi) is 3.52. The highest BCUT2D eigenvalue weighted by Crippen LogP contribution is 2.39. The number of fused-ring (bicyclic) bond motifs is 2. The Bertz CT molecular complexity index is 976. The van der Waals surface area contributed by atoms with Gasteiger partial charge in [-0.2, -0.15) is 5.10 Å². The summed E-state index contributed by atoms with van der Waals surface area (Å²) in [5, 5.41) is 8.13. The second-order valence-corrected chi connectivity index (χ2v) is 7.29. The van der Waals surface area contributed by atoms with Crippen molar-refractivity contribution in [3.05, 3.63) is 46.7 Å². The average Bonchev–Trinajstić information content (AvgIpc) is 3.08. The molecule has 0 radical (unpaired) electrons. The highest BCUT2D eigenvalue weighted by Gasteiger charge is 2.13. The highest BCUT2D eigenvalue weighted by atomic mass is 35.5. The quantitative estimate of drug-likeness (QED) is 0.404. The van der Waals surface area contributed by atoms with Crippen molar-refractivity contribution in [3.8, 4) is 0 Å². The lowest BCUT2D eigenvalue weighted by Crippen LogP contribution is -1.92. The zero-order chi connectivity index (χ0) is 15.1. The van der Waals surface area contributed by atoms with E-state index in [1.165, 1.54) is 9.58 Å². The Balaban J connectivity index is 1.67. The molecule has 0 saturated carbocycles. The van der Waals surface area contributed by atoms with E-state index in [-0.39, 0.29) is 0 Å². The van der Waals surface area contributed by atoms with Crippen LogP contribution in [0.1, 0.15) is 4.88 Å². The fourth-order valence-electron chi connectivity index (χ4n) is 2.35. The third-order valence-electron chi connectivity index (χ3n) is 3.43. The first kappa shape index (κ1) is 14.0. The summed E-state index contributed by atoms with van der Waals surface area (Å²) in [6, 6.07) is 8.22. The van der Waals surface area contributed by atoms with Crippen molar-refractivity contribution in [1.29, 1.82) is 0 Å². The van der Waals surface area contributed by atoms with Crippen LogP contribution in [0.3, 0.4) is 0 Å². The molecule has 0 aliphatic rings. The molecule has 4 aromatic rings. The van der Waals surface area contributed by atoms with E-state index in [4.69, 9.17) is 11.6 Å². The van der Waals surface area contributed by atoms with E-state index in [9.17, 15) is 0 Å². The molecule has 4 rings (SSSR count). The summed E-state index contributed by atoms with van der Waals surface area (Å²) < 4.78 is 2.98. The number of thioether (sulfide) groups is 1. The van der Waals surface area contributed by atoms with Gasteiger partial charge < -0.3 is 0 Å². The fraction of sp³-hybridized carbons (Fsp3) is 0.133. The van der Waals surface area contributed by atoms with Crippen molar-refractivity contribution in [2.45, 2.75) is 10.8 Å². The van der Waals surface area contributed by atoms with Crippen LogP contribution in [0.25, 0.3) is 21.1 Å². The Hall–Kier alpha value is -1.63. The van der Waals surface area contributed by atoms with Gasteiger partial charge in [0.1, 0.15) is 11.4 Å². The lowest BCUT2D eigenvalue weighted by Gasteiger charge is -2.01. The fourth-order valence-corrected chi connectivity index (χ4v) is 4.97. The topological polar surface area (TPSA) is 43.6 Å². The molecule has 0 spiro atoms. The van der Waals surface area contributed by atoms with Crippen molar-refractivity contribution < 1.29 is 0 Å². The van der Waals surface area contributed by atoms with E-state index in [1.807, 2.05) is 25.4 Å². The summed E-state index contributed by atoms with van der Waals surface area (Å²) in [4.78, 5) is 9.81. The minimum absolute atomic E-state index is 0.791. The summed E-state index contributed by atoms with van der Waals surface area (Å²) in [6.45, 7) is 0. The molecule has 3 heterocycles. The predicted octanol–water partition coefficient (Wildman–Crippen LogP) is 4.52. The van der Waals surface area contributed by atoms with Crippen LogP contribution in [0.15, 0.2) is 41.8 Å². The molecule has 22 heavy (non-hydrogen) atoms. The van der Waals surface area contributed by atoms with Crippen LogP contribution in [-0.2, 0) is 12.8 Å². The zero-order valence-electron chi connectivity index (χ0n) is 11.7. The maximum atomic E-state index is 6.49. The SMILES string of the molecule is Cn1ncc2c(SCc3sc4ccccc4c3Cl)ncnc21. The van der Waals surface area contributed by atoms with Crippen molar-refractivity contribution in [2.75, 3.05) is 0 Å². The first-order chi connectivity index (χ1) is 10.7. The van der Waals surface area contributed by atoms with Crippen LogP contribution in [-0.4, -0.2) is 19.7 Å². The first-order valence-corrected chi connectivity index (χ1v) is 8.83. The largest absolute Gasteiger partial charge is 0.250 e. The molecule has 0 N–H and O–H groups in total. The van der Waals surface area contributed by atoms with Crippen molar-refractivity contribution in [3.63, 3.8) is 0 Å². The molecule has 4 nitrogen and oxygen atoms in total. The van der Waals surface area contributed by atoms with Gasteiger partial charge in [0.05, 0.1) is 16.6 Å². The lowest BCUT2D eigenvalue weighted by atomic mass is 10.2. The molecule has 7 heteroatoms. The van der Waals surface area contributed by atoms with E-state index in [0.29, 0.717) is 0 Å². The van der Waals surface area contributed by atoms with E-state index in [2.05, 4.69) is 27.2 Å². The molecule has 110 valence electrons. The van der Waals surface area contributed by atoms with Crippen LogP contribution in [0.5, 0.6) is 0 Å². The monoisotopic (exact) mass is 346 g/mol. The van der Waals surface area contributed by atoms with Crippen LogP contribution in [0.4, 0.5) is 0 Å². The number of thiophene rings is 1. The number of aryl methyl sites for hydroxylation is 1. The molecule has 0 saturated heterocycles. The minimum atomic E-state index is 0.791. The Morgan fingerprint density at radius 2 is 2.09 bits per heavy atom. The Morgan fingerprint density at radius 1 is 1.23 bits per heavy atom. The van der Waals surface area contributed by atoms with Gasteiger partial charge in [-0.15, -0.1) is 11.3 Å². The summed E-state index contributed by atoms with van der Waals surface area (Å²) in [5.74, 6) is 0.791. The standard InChI is InChI=1S/C15H11ClN4S2/c1-20-14-10(6-19-20)15(18-8-17-14)21-7-12-13(16)9-4-2-3-5-11(9)22-12/h2-6,8H,7H2,1H3. The molecule has 1 aromatic carbocycles. The van der Waals surface area contributed by atoms with Gasteiger partial charge in [-0.05, 0) is 6.07 Å². The second kappa shape index (κ2) is 5.53. The van der Waals surface area contributed by atoms with Crippen molar-refractivity contribution in [1.82, 2.24) is 19.7 Å². The Labute approximate surface area is 140 Å². The molecule has 0 fully saturated rings. The van der Waals surface area contributed by atoms with Crippen LogP contribution < -0.4 is 0 Å². The lowest BCUT2D eigenvalue weighted by molar-refractivity contribution is 0.784. The van der Waals surface area contributed by atoms with Gasteiger partial charge in [0.25, 0.3) is 0 Å². The van der Waals surface area contributed by atoms with E-state index in [0.717, 1.165) is 32.2 Å². The molecular formula is C15H11ClN4S2. The summed E-state index contributed by atoms with van der Waals surface area (Å²) in [6.07, 6.45) is 3.39. The van der Waals surface area contributed by atoms with Gasteiger partial charge in [-0.25, -0.2) is 9.97 Å². The second-order valence-electron chi connectivity index (χ2n) is 4.81. The smallest absolute Gasteiger partial charge is 0.162 e. The number of halogens is 1.